The Morgan fingerprint density at radius 3 is 1.94 bits per heavy atom. The van der Waals surface area contributed by atoms with Crippen LogP contribution in [0.25, 0.3) is 11.6 Å². The van der Waals surface area contributed by atoms with Crippen LogP contribution in [0.15, 0.2) is 103 Å². The average Bonchev–Trinajstić information content (AvgIpc) is 2.91. The number of methoxy groups -OCH3 is 1. The molecule has 0 radical (unpaired) electrons. The van der Waals surface area contributed by atoms with Gasteiger partial charge >= 0.3 is 0 Å². The van der Waals surface area contributed by atoms with Crippen LogP contribution in [0.5, 0.6) is 17.2 Å². The smallest absolute Gasteiger partial charge is 0.261 e. The minimum absolute atomic E-state index is 0.178. The Morgan fingerprint density at radius 1 is 0.657 bits per heavy atom. The molecular weight excluding hydrogens is 438 g/mol. The number of carbonyl (C=O) groups excluding carboxylic acids is 2. The molecule has 35 heavy (non-hydrogen) atoms. The number of para-hydroxylation sites is 1. The third-order valence-corrected chi connectivity index (χ3v) is 5.84. The van der Waals surface area contributed by atoms with Crippen molar-refractivity contribution in [1.82, 2.24) is 4.90 Å². The molecule has 0 atom stereocenters. The summed E-state index contributed by atoms with van der Waals surface area (Å²) in [6.45, 7) is 0.178. The fraction of sp³-hybridized carbons (Fsp3) is 0.0667. The molecule has 5 rings (SSSR count). The van der Waals surface area contributed by atoms with E-state index in [2.05, 4.69) is 0 Å². The highest BCUT2D eigenvalue weighted by molar-refractivity contribution is 6.33. The third kappa shape index (κ3) is 4.70. The normalized spacial score (nSPS) is 14.1. The van der Waals surface area contributed by atoms with Crippen molar-refractivity contribution in [3.63, 3.8) is 0 Å². The summed E-state index contributed by atoms with van der Waals surface area (Å²) in [6.07, 6.45) is 1.82. The number of fused-ring (bicyclic) bond motifs is 1. The van der Waals surface area contributed by atoms with E-state index in [9.17, 15) is 9.59 Å². The van der Waals surface area contributed by atoms with Crippen molar-refractivity contribution < 1.29 is 19.1 Å². The van der Waals surface area contributed by atoms with Gasteiger partial charge in [-0.2, -0.15) is 0 Å². The first-order valence-corrected chi connectivity index (χ1v) is 11.3. The van der Waals surface area contributed by atoms with Crippen molar-refractivity contribution >= 4 is 23.5 Å². The van der Waals surface area contributed by atoms with Crippen LogP contribution < -0.4 is 9.47 Å². The number of amides is 2. The lowest BCUT2D eigenvalue weighted by atomic mass is 9.91. The van der Waals surface area contributed by atoms with Gasteiger partial charge in [-0.3, -0.25) is 14.5 Å². The Bertz CT molecular complexity index is 1390. The number of imide groups is 1. The number of carbonyl (C=O) groups is 2. The van der Waals surface area contributed by atoms with Crippen LogP contribution in [0, 0.1) is 0 Å². The summed E-state index contributed by atoms with van der Waals surface area (Å²) in [7, 11) is 1.60. The van der Waals surface area contributed by atoms with Gasteiger partial charge in [0.2, 0.25) is 0 Å². The Hall–Kier alpha value is -4.64. The highest BCUT2D eigenvalue weighted by atomic mass is 16.5. The molecule has 5 heteroatoms. The molecule has 1 aliphatic rings. The van der Waals surface area contributed by atoms with E-state index in [1.165, 1.54) is 4.90 Å². The van der Waals surface area contributed by atoms with E-state index in [0.717, 1.165) is 22.6 Å². The van der Waals surface area contributed by atoms with Crippen LogP contribution in [-0.2, 0) is 11.3 Å². The van der Waals surface area contributed by atoms with Crippen molar-refractivity contribution in [2.45, 2.75) is 6.54 Å². The standard InChI is InChI=1S/C30H23NO4/c1-34-23-15-13-22(14-16-23)20-31-29(32)27-10-6-5-9-26(27)28(30(31)33)19-21-11-17-25(18-12-21)35-24-7-3-2-4-8-24/h2-19H,20H2,1H3/b28-19-. The van der Waals surface area contributed by atoms with E-state index in [0.29, 0.717) is 22.4 Å². The van der Waals surface area contributed by atoms with E-state index in [-0.39, 0.29) is 18.4 Å². The van der Waals surface area contributed by atoms with Gasteiger partial charge in [-0.05, 0) is 65.2 Å². The van der Waals surface area contributed by atoms with Gasteiger partial charge in [0, 0.05) is 11.1 Å². The molecule has 1 heterocycles. The Morgan fingerprint density at radius 2 is 1.26 bits per heavy atom. The molecule has 0 bridgehead atoms. The average molecular weight is 462 g/mol. The molecule has 172 valence electrons. The zero-order valence-corrected chi connectivity index (χ0v) is 19.2. The molecule has 0 saturated carbocycles. The maximum absolute atomic E-state index is 13.5. The molecule has 2 amide bonds. The first kappa shape index (κ1) is 22.2. The van der Waals surface area contributed by atoms with Crippen LogP contribution in [0.3, 0.4) is 0 Å². The third-order valence-electron chi connectivity index (χ3n) is 5.84. The molecule has 0 aromatic heterocycles. The van der Waals surface area contributed by atoms with Crippen LogP contribution in [0.2, 0.25) is 0 Å². The van der Waals surface area contributed by atoms with Gasteiger partial charge in [0.05, 0.1) is 13.7 Å². The first-order chi connectivity index (χ1) is 17.1. The molecule has 0 saturated heterocycles. The summed E-state index contributed by atoms with van der Waals surface area (Å²) in [6, 6.07) is 31.6. The molecule has 0 N–H and O–H groups in total. The summed E-state index contributed by atoms with van der Waals surface area (Å²) >= 11 is 0. The second kappa shape index (κ2) is 9.69. The van der Waals surface area contributed by atoms with Gasteiger partial charge in [-0.1, -0.05) is 60.7 Å². The molecule has 0 fully saturated rings. The van der Waals surface area contributed by atoms with Crippen LogP contribution >= 0.6 is 0 Å². The van der Waals surface area contributed by atoms with Gasteiger partial charge in [0.25, 0.3) is 11.8 Å². The summed E-state index contributed by atoms with van der Waals surface area (Å²) in [5, 5.41) is 0. The van der Waals surface area contributed by atoms with Crippen molar-refractivity contribution in [1.29, 1.82) is 0 Å². The van der Waals surface area contributed by atoms with Gasteiger partial charge < -0.3 is 9.47 Å². The number of hydrogen-bond acceptors (Lipinski definition) is 4. The summed E-state index contributed by atoms with van der Waals surface area (Å²) in [5.74, 6) is 1.54. The van der Waals surface area contributed by atoms with E-state index in [1.807, 2.05) is 103 Å². The minimum Gasteiger partial charge on any atom is -0.497 e. The monoisotopic (exact) mass is 461 g/mol. The van der Waals surface area contributed by atoms with Crippen molar-refractivity contribution in [3.05, 3.63) is 125 Å². The minimum atomic E-state index is -0.325. The zero-order valence-electron chi connectivity index (χ0n) is 19.2. The number of rotatable bonds is 6. The van der Waals surface area contributed by atoms with Crippen LogP contribution in [-0.4, -0.2) is 23.8 Å². The van der Waals surface area contributed by atoms with Gasteiger partial charge in [0.1, 0.15) is 17.2 Å². The van der Waals surface area contributed by atoms with Crippen LogP contribution in [0.4, 0.5) is 0 Å². The zero-order chi connectivity index (χ0) is 24.2. The fourth-order valence-corrected chi connectivity index (χ4v) is 4.02. The lowest BCUT2D eigenvalue weighted by molar-refractivity contribution is -0.123. The largest absolute Gasteiger partial charge is 0.497 e. The summed E-state index contributed by atoms with van der Waals surface area (Å²) < 4.78 is 11.1. The molecular formula is C30H23NO4. The fourth-order valence-electron chi connectivity index (χ4n) is 4.02. The Labute approximate surface area is 203 Å². The SMILES string of the molecule is COc1ccc(CN2C(=O)/C(=C\c3ccc(Oc4ccccc4)cc3)c3ccccc3C2=O)cc1. The second-order valence-corrected chi connectivity index (χ2v) is 8.13. The van der Waals surface area contributed by atoms with Gasteiger partial charge in [-0.15, -0.1) is 0 Å². The molecule has 5 nitrogen and oxygen atoms in total. The Balaban J connectivity index is 1.45. The van der Waals surface area contributed by atoms with E-state index >= 15 is 0 Å². The molecule has 0 unspecified atom stereocenters. The summed E-state index contributed by atoms with van der Waals surface area (Å²) in [4.78, 5) is 28.0. The Kier molecular flexibility index (Phi) is 6.14. The maximum Gasteiger partial charge on any atom is 0.261 e. The molecule has 1 aliphatic heterocycles. The maximum atomic E-state index is 13.5. The number of ether oxygens (including phenoxy) is 2. The summed E-state index contributed by atoms with van der Waals surface area (Å²) in [5.41, 5.74) is 3.30. The van der Waals surface area contributed by atoms with Crippen LogP contribution in [0.1, 0.15) is 27.0 Å². The number of nitrogens with zero attached hydrogens (tertiary/aromatic N) is 1. The quantitative estimate of drug-likeness (QED) is 0.253. The predicted octanol–water partition coefficient (Wildman–Crippen LogP) is 6.21. The van der Waals surface area contributed by atoms with Gasteiger partial charge in [-0.25, -0.2) is 0 Å². The molecule has 4 aromatic carbocycles. The van der Waals surface area contributed by atoms with E-state index in [4.69, 9.17) is 9.47 Å². The van der Waals surface area contributed by atoms with Crippen molar-refractivity contribution in [2.75, 3.05) is 7.11 Å². The second-order valence-electron chi connectivity index (χ2n) is 8.13. The van der Waals surface area contributed by atoms with E-state index in [1.54, 1.807) is 13.2 Å². The molecule has 4 aromatic rings. The highest BCUT2D eigenvalue weighted by Gasteiger charge is 2.34. The number of benzene rings is 4. The van der Waals surface area contributed by atoms with E-state index < -0.39 is 0 Å². The van der Waals surface area contributed by atoms with Gasteiger partial charge in [0.15, 0.2) is 0 Å². The highest BCUT2D eigenvalue weighted by Crippen LogP contribution is 2.32. The topological polar surface area (TPSA) is 55.8 Å². The molecule has 0 aliphatic carbocycles. The molecule has 0 spiro atoms. The van der Waals surface area contributed by atoms with Crippen molar-refractivity contribution in [2.24, 2.45) is 0 Å². The predicted molar refractivity (Wildman–Crippen MR) is 135 cm³/mol. The first-order valence-electron chi connectivity index (χ1n) is 11.3. The number of hydrogen-bond donors (Lipinski definition) is 0. The van der Waals surface area contributed by atoms with Crippen molar-refractivity contribution in [3.8, 4) is 17.2 Å². The lowest BCUT2D eigenvalue weighted by Crippen LogP contribution is -2.41. The lowest BCUT2D eigenvalue weighted by Gasteiger charge is -2.28.